The van der Waals surface area contributed by atoms with Crippen molar-refractivity contribution in [3.63, 3.8) is 0 Å². The summed E-state index contributed by atoms with van der Waals surface area (Å²) in [7, 11) is -2.27. The van der Waals surface area contributed by atoms with Gasteiger partial charge in [-0.05, 0) is 93.3 Å². The van der Waals surface area contributed by atoms with E-state index >= 15 is 13.2 Å². The predicted octanol–water partition coefficient (Wildman–Crippen LogP) is 7.48. The molecule has 1 amide bonds. The number of alkyl halides is 3. The van der Waals surface area contributed by atoms with Gasteiger partial charge in [0.2, 0.25) is 27.7 Å². The second kappa shape index (κ2) is 15.1. The molecule has 4 aliphatic rings. The van der Waals surface area contributed by atoms with Crippen molar-refractivity contribution in [2.24, 2.45) is 5.92 Å². The molecule has 0 radical (unpaired) electrons. The monoisotopic (exact) mass is 864 g/mol. The molecule has 316 valence electrons. The molecule has 0 bridgehead atoms. The number of halogens is 4. The SMILES string of the molecule is COc1nc(-c2cccc(-c3cccc(-c4nc5cc6c(c(C(F)(F)F)c5o4)CC[C@H]6N4CC[C@@H](C(=O)NS(=O)(=O)C5(C)CC5)C4)c3Cl)c2C)cnc1CN1CC[C@@H](O)C1. The number of aliphatic hydroxyl groups excluding tert-OH is 1. The predicted molar refractivity (Wildman–Crippen MR) is 219 cm³/mol. The van der Waals surface area contributed by atoms with Gasteiger partial charge in [-0.2, -0.15) is 13.2 Å². The molecular formula is C43H44ClF3N6O6S. The highest BCUT2D eigenvalue weighted by molar-refractivity contribution is 7.91. The number of aliphatic hydroxyl groups is 1. The summed E-state index contributed by atoms with van der Waals surface area (Å²) in [5, 5.41) is 10.2. The number of nitrogens with one attached hydrogen (secondary N) is 1. The molecule has 2 N–H and O–H groups in total. The van der Waals surface area contributed by atoms with Crippen molar-refractivity contribution >= 4 is 38.6 Å². The quantitative estimate of drug-likeness (QED) is 0.144. The van der Waals surface area contributed by atoms with E-state index in [-0.39, 0.29) is 46.6 Å². The standard InChI is InChI=1S/C43H44ClF3N6O6S/c1-23-26(6-4-7-27(23)33-19-48-34(41(50-33)58-3)22-52-16-13-25(54)21-52)29-8-5-9-30(37(29)44)40-49-32-18-31-28(36(38(32)59-40)43(45,46)47)10-11-35(31)53-17-12-24(20-53)39(55)51-60(56,57)42(2)14-15-42/h4-9,18-19,24-25,35,54H,10-17,20-22H2,1-3H3,(H,51,55)/t24-,25-,35-/m1/s1. The molecule has 2 saturated heterocycles. The van der Waals surface area contributed by atoms with Crippen LogP contribution < -0.4 is 9.46 Å². The molecule has 5 aromatic rings. The summed E-state index contributed by atoms with van der Waals surface area (Å²) >= 11 is 7.11. The molecule has 60 heavy (non-hydrogen) atoms. The molecule has 9 rings (SSSR count). The molecule has 3 atom stereocenters. The van der Waals surface area contributed by atoms with Crippen LogP contribution in [0.25, 0.3) is 44.9 Å². The Hall–Kier alpha value is -4.61. The van der Waals surface area contributed by atoms with E-state index in [4.69, 9.17) is 25.7 Å². The molecule has 3 fully saturated rings. The Balaban J connectivity index is 1.01. The van der Waals surface area contributed by atoms with Crippen LogP contribution in [0.5, 0.6) is 5.88 Å². The largest absolute Gasteiger partial charge is 0.480 e. The third-order valence-electron chi connectivity index (χ3n) is 12.8. The number of hydrogen-bond donors (Lipinski definition) is 2. The number of carbonyl (C=O) groups excluding carboxylic acids is 1. The zero-order valence-corrected chi connectivity index (χ0v) is 34.8. The summed E-state index contributed by atoms with van der Waals surface area (Å²) in [5.74, 6) is -0.854. The maximum Gasteiger partial charge on any atom is 0.420 e. The molecule has 2 aliphatic heterocycles. The molecule has 2 aliphatic carbocycles. The fourth-order valence-corrected chi connectivity index (χ4v) is 10.7. The van der Waals surface area contributed by atoms with Gasteiger partial charge in [0.15, 0.2) is 5.58 Å². The number of nitrogens with zero attached hydrogens (tertiary/aromatic N) is 5. The van der Waals surface area contributed by atoms with Crippen LogP contribution in [0.4, 0.5) is 13.2 Å². The van der Waals surface area contributed by atoms with E-state index < -0.39 is 44.4 Å². The zero-order valence-electron chi connectivity index (χ0n) is 33.3. The number of sulfonamides is 1. The first kappa shape index (κ1) is 40.8. The summed E-state index contributed by atoms with van der Waals surface area (Å²) < 4.78 is 83.5. The summed E-state index contributed by atoms with van der Waals surface area (Å²) in [5.41, 5.74) is 3.97. The molecule has 0 spiro atoms. The van der Waals surface area contributed by atoms with Gasteiger partial charge in [0.25, 0.3) is 0 Å². The van der Waals surface area contributed by atoms with Gasteiger partial charge in [0.1, 0.15) is 16.8 Å². The number of rotatable bonds is 10. The lowest BCUT2D eigenvalue weighted by Crippen LogP contribution is -2.42. The zero-order chi connectivity index (χ0) is 42.3. The Kier molecular flexibility index (Phi) is 10.3. The van der Waals surface area contributed by atoms with Crippen molar-refractivity contribution < 1.29 is 40.6 Å². The van der Waals surface area contributed by atoms with E-state index in [1.165, 1.54) is 0 Å². The van der Waals surface area contributed by atoms with E-state index in [0.717, 1.165) is 23.2 Å². The first-order valence-corrected chi connectivity index (χ1v) is 21.9. The van der Waals surface area contributed by atoms with E-state index in [1.807, 2.05) is 36.1 Å². The van der Waals surface area contributed by atoms with Crippen LogP contribution in [0.15, 0.2) is 53.1 Å². The van der Waals surface area contributed by atoms with Crippen molar-refractivity contribution in [1.29, 1.82) is 0 Å². The highest BCUT2D eigenvalue weighted by Crippen LogP contribution is 2.49. The number of fused-ring (bicyclic) bond motifs is 2. The minimum absolute atomic E-state index is 0.0387. The molecule has 2 aromatic heterocycles. The van der Waals surface area contributed by atoms with E-state index in [9.17, 15) is 18.3 Å². The summed E-state index contributed by atoms with van der Waals surface area (Å²) in [6.45, 7) is 6.00. The second-order valence-electron chi connectivity index (χ2n) is 16.7. The molecule has 0 unspecified atom stereocenters. The van der Waals surface area contributed by atoms with Crippen molar-refractivity contribution in [1.82, 2.24) is 29.5 Å². The van der Waals surface area contributed by atoms with Gasteiger partial charge in [0.05, 0.1) is 46.4 Å². The minimum Gasteiger partial charge on any atom is -0.480 e. The van der Waals surface area contributed by atoms with Crippen LogP contribution in [0.3, 0.4) is 0 Å². The molecule has 1 saturated carbocycles. The highest BCUT2D eigenvalue weighted by atomic mass is 35.5. The van der Waals surface area contributed by atoms with Crippen molar-refractivity contribution in [3.8, 4) is 39.7 Å². The van der Waals surface area contributed by atoms with Gasteiger partial charge < -0.3 is 14.3 Å². The number of amides is 1. The second-order valence-corrected chi connectivity index (χ2v) is 19.2. The average molecular weight is 865 g/mol. The van der Waals surface area contributed by atoms with Crippen LogP contribution in [0.1, 0.15) is 73.0 Å². The Morgan fingerprint density at radius 1 is 1.05 bits per heavy atom. The van der Waals surface area contributed by atoms with Gasteiger partial charge >= 0.3 is 6.18 Å². The van der Waals surface area contributed by atoms with E-state index in [0.29, 0.717) is 85.7 Å². The van der Waals surface area contributed by atoms with Crippen LogP contribution in [-0.2, 0) is 34.0 Å². The third kappa shape index (κ3) is 7.23. The lowest BCUT2D eigenvalue weighted by atomic mass is 9.94. The number of methoxy groups -OCH3 is 1. The Morgan fingerprint density at radius 2 is 1.78 bits per heavy atom. The lowest BCUT2D eigenvalue weighted by molar-refractivity contribution is -0.137. The first-order chi connectivity index (χ1) is 28.5. The number of oxazole rings is 1. The Morgan fingerprint density at radius 3 is 2.48 bits per heavy atom. The summed E-state index contributed by atoms with van der Waals surface area (Å²) in [4.78, 5) is 31.2. The summed E-state index contributed by atoms with van der Waals surface area (Å²) in [6, 6.07) is 12.2. The van der Waals surface area contributed by atoms with Crippen LogP contribution in [0.2, 0.25) is 5.02 Å². The number of aromatic nitrogens is 3. The maximum absolute atomic E-state index is 15.0. The Bertz CT molecular complexity index is 2650. The van der Waals surface area contributed by atoms with Crippen LogP contribution in [0, 0.1) is 12.8 Å². The average Bonchev–Trinajstić information content (AvgIpc) is 3.65. The van der Waals surface area contributed by atoms with Crippen molar-refractivity contribution in [3.05, 3.63) is 81.6 Å². The molecule has 4 heterocycles. The first-order valence-electron chi connectivity index (χ1n) is 20.1. The van der Waals surface area contributed by atoms with E-state index in [1.54, 1.807) is 38.4 Å². The van der Waals surface area contributed by atoms with Gasteiger partial charge in [-0.1, -0.05) is 41.9 Å². The normalized spacial score (nSPS) is 21.8. The van der Waals surface area contributed by atoms with Crippen molar-refractivity contribution in [2.45, 2.75) is 82.0 Å². The molecule has 3 aromatic carbocycles. The van der Waals surface area contributed by atoms with Crippen molar-refractivity contribution in [2.75, 3.05) is 33.3 Å². The third-order valence-corrected chi connectivity index (χ3v) is 15.3. The lowest BCUT2D eigenvalue weighted by Gasteiger charge is -2.25. The highest BCUT2D eigenvalue weighted by Gasteiger charge is 2.52. The summed E-state index contributed by atoms with van der Waals surface area (Å²) in [6.07, 6.45) is -0.795. The number of likely N-dealkylation sites (tertiary alicyclic amines) is 2. The number of benzene rings is 3. The van der Waals surface area contributed by atoms with Gasteiger partial charge in [-0.25, -0.2) is 18.4 Å². The van der Waals surface area contributed by atoms with Gasteiger partial charge in [-0.3, -0.25) is 24.3 Å². The minimum atomic E-state index is -4.75. The topological polar surface area (TPSA) is 151 Å². The van der Waals surface area contributed by atoms with Crippen LogP contribution in [-0.4, -0.2) is 88.3 Å². The van der Waals surface area contributed by atoms with Gasteiger partial charge in [0, 0.05) is 43.3 Å². The van der Waals surface area contributed by atoms with Crippen LogP contribution >= 0.6 is 11.6 Å². The smallest absolute Gasteiger partial charge is 0.420 e. The Labute approximate surface area is 350 Å². The maximum atomic E-state index is 15.0. The molecule has 17 heteroatoms. The fourth-order valence-electron chi connectivity index (χ4n) is 9.07. The molecular weight excluding hydrogens is 821 g/mol. The number of hydrogen-bond acceptors (Lipinski definition) is 11. The molecule has 12 nitrogen and oxygen atoms in total. The number of β-amino-alcohol motifs (C(OH)–C–C–N with tert-alkyl or cyclic N) is 1. The van der Waals surface area contributed by atoms with E-state index in [2.05, 4.69) is 19.6 Å². The van der Waals surface area contributed by atoms with Gasteiger partial charge in [-0.15, -0.1) is 0 Å². The fraction of sp³-hybridized carbons (Fsp3) is 0.442. The number of ether oxygens (including phenoxy) is 1. The number of carbonyl (C=O) groups is 1.